The summed E-state index contributed by atoms with van der Waals surface area (Å²) in [7, 11) is -3.56. The molecule has 0 aromatic heterocycles. The number of amides is 1. The first-order valence-corrected chi connectivity index (χ1v) is 13.6. The fraction of sp³-hybridized carbons (Fsp3) is 0.269. The van der Waals surface area contributed by atoms with E-state index < -0.39 is 10.0 Å². The summed E-state index contributed by atoms with van der Waals surface area (Å²) in [5.41, 5.74) is 3.07. The zero-order chi connectivity index (χ0) is 23.7. The highest BCUT2D eigenvalue weighted by atomic mass is 32.2. The molecule has 0 aliphatic carbocycles. The third-order valence-electron chi connectivity index (χ3n) is 5.42. The summed E-state index contributed by atoms with van der Waals surface area (Å²) in [5, 5.41) is 3.02. The molecule has 33 heavy (non-hydrogen) atoms. The number of sulfonamides is 1. The molecule has 1 amide bonds. The molecule has 0 saturated heterocycles. The van der Waals surface area contributed by atoms with Crippen LogP contribution in [0.25, 0.3) is 0 Å². The molecule has 0 fully saturated rings. The van der Waals surface area contributed by atoms with Crippen LogP contribution < -0.4 is 10.0 Å². The molecule has 3 aromatic carbocycles. The number of rotatable bonds is 11. The highest BCUT2D eigenvalue weighted by molar-refractivity contribution is 7.98. The number of benzene rings is 3. The number of carbonyl (C=O) groups excluding carboxylic acids is 1. The lowest BCUT2D eigenvalue weighted by atomic mass is 10.1. The van der Waals surface area contributed by atoms with E-state index in [0.29, 0.717) is 25.8 Å². The van der Waals surface area contributed by atoms with Crippen molar-refractivity contribution in [1.29, 1.82) is 0 Å². The van der Waals surface area contributed by atoms with Crippen LogP contribution in [0.1, 0.15) is 36.1 Å². The molecule has 0 aliphatic heterocycles. The fourth-order valence-corrected chi connectivity index (χ4v) is 4.88. The van der Waals surface area contributed by atoms with Gasteiger partial charge in [-0.15, -0.1) is 11.8 Å². The number of hydrogen-bond acceptors (Lipinski definition) is 4. The number of aryl methyl sites for hydroxylation is 1. The molecule has 3 aromatic rings. The first-order valence-electron chi connectivity index (χ1n) is 10.9. The molecule has 174 valence electrons. The third-order valence-corrected chi connectivity index (χ3v) is 7.64. The van der Waals surface area contributed by atoms with E-state index in [4.69, 9.17) is 0 Å². The van der Waals surface area contributed by atoms with Gasteiger partial charge < -0.3 is 5.32 Å². The first kappa shape index (κ1) is 25.0. The van der Waals surface area contributed by atoms with Gasteiger partial charge in [-0.3, -0.25) is 4.79 Å². The summed E-state index contributed by atoms with van der Waals surface area (Å²) in [5.74, 6) is -0.0317. The average Bonchev–Trinajstić information content (AvgIpc) is 2.83. The summed E-state index contributed by atoms with van der Waals surface area (Å²) in [6, 6.07) is 24.6. The van der Waals surface area contributed by atoms with Gasteiger partial charge in [0.25, 0.3) is 0 Å². The van der Waals surface area contributed by atoms with E-state index in [1.54, 1.807) is 36.0 Å². The average molecular weight is 483 g/mol. The Morgan fingerprint density at radius 3 is 2.15 bits per heavy atom. The van der Waals surface area contributed by atoms with Crippen LogP contribution in [0, 0.1) is 0 Å². The van der Waals surface area contributed by atoms with E-state index in [0.717, 1.165) is 16.7 Å². The number of thioether (sulfide) groups is 1. The Kier molecular flexibility index (Phi) is 9.11. The second kappa shape index (κ2) is 12.0. The van der Waals surface area contributed by atoms with Gasteiger partial charge in [0.2, 0.25) is 15.9 Å². The summed E-state index contributed by atoms with van der Waals surface area (Å²) in [6.07, 6.45) is 3.55. The van der Waals surface area contributed by atoms with Crippen molar-refractivity contribution in [3.8, 4) is 0 Å². The van der Waals surface area contributed by atoms with Crippen LogP contribution >= 0.6 is 11.8 Å². The van der Waals surface area contributed by atoms with Gasteiger partial charge in [0.1, 0.15) is 0 Å². The smallest absolute Gasteiger partial charge is 0.240 e. The molecule has 0 aliphatic rings. The Morgan fingerprint density at radius 1 is 0.879 bits per heavy atom. The van der Waals surface area contributed by atoms with Crippen LogP contribution in [-0.4, -0.2) is 27.1 Å². The van der Waals surface area contributed by atoms with Gasteiger partial charge in [-0.2, -0.15) is 0 Å². The minimum atomic E-state index is -3.56. The lowest BCUT2D eigenvalue weighted by Gasteiger charge is -2.15. The van der Waals surface area contributed by atoms with Crippen LogP contribution in [0.15, 0.2) is 88.7 Å². The minimum absolute atomic E-state index is 0.0317. The van der Waals surface area contributed by atoms with Crippen LogP contribution in [0.3, 0.4) is 0 Å². The predicted octanol–water partition coefficient (Wildman–Crippen LogP) is 4.74. The third kappa shape index (κ3) is 7.74. The van der Waals surface area contributed by atoms with Crippen molar-refractivity contribution >= 4 is 27.7 Å². The van der Waals surface area contributed by atoms with Gasteiger partial charge in [-0.25, -0.2) is 13.1 Å². The Bertz CT molecular complexity index is 1130. The van der Waals surface area contributed by atoms with Gasteiger partial charge in [-0.1, -0.05) is 54.6 Å². The molecule has 5 nitrogen and oxygen atoms in total. The van der Waals surface area contributed by atoms with E-state index in [1.807, 2.05) is 55.6 Å². The SMILES string of the molecule is CSc1ccc(C(C)NC(=O)CCc2ccc(S(=O)(=O)NCCc3ccccc3)cc2)cc1. The van der Waals surface area contributed by atoms with Crippen molar-refractivity contribution in [2.45, 2.75) is 42.0 Å². The molecule has 3 rings (SSSR count). The van der Waals surface area contributed by atoms with Crippen molar-refractivity contribution in [2.75, 3.05) is 12.8 Å². The van der Waals surface area contributed by atoms with E-state index in [1.165, 1.54) is 4.90 Å². The lowest BCUT2D eigenvalue weighted by molar-refractivity contribution is -0.121. The van der Waals surface area contributed by atoms with Crippen LogP contribution in [-0.2, 0) is 27.7 Å². The molecule has 7 heteroatoms. The Labute approximate surface area is 201 Å². The monoisotopic (exact) mass is 482 g/mol. The molecule has 0 radical (unpaired) electrons. The van der Waals surface area contributed by atoms with Crippen molar-refractivity contribution in [2.24, 2.45) is 0 Å². The van der Waals surface area contributed by atoms with Crippen molar-refractivity contribution in [1.82, 2.24) is 10.0 Å². The number of hydrogen-bond donors (Lipinski definition) is 2. The van der Waals surface area contributed by atoms with Gasteiger partial charge in [0.15, 0.2) is 0 Å². The maximum atomic E-state index is 12.5. The van der Waals surface area contributed by atoms with Gasteiger partial charge in [0, 0.05) is 17.9 Å². The zero-order valence-corrected chi connectivity index (χ0v) is 20.6. The van der Waals surface area contributed by atoms with Gasteiger partial charge in [-0.05, 0) is 67.0 Å². The van der Waals surface area contributed by atoms with E-state index >= 15 is 0 Å². The Hall–Kier alpha value is -2.61. The van der Waals surface area contributed by atoms with Crippen molar-refractivity contribution < 1.29 is 13.2 Å². The fourth-order valence-electron chi connectivity index (χ4n) is 3.44. The van der Waals surface area contributed by atoms with E-state index in [-0.39, 0.29) is 16.8 Å². The van der Waals surface area contributed by atoms with E-state index in [2.05, 4.69) is 22.2 Å². The number of nitrogens with one attached hydrogen (secondary N) is 2. The van der Waals surface area contributed by atoms with Gasteiger partial charge in [0.05, 0.1) is 10.9 Å². The number of carbonyl (C=O) groups is 1. The summed E-state index contributed by atoms with van der Waals surface area (Å²) in [6.45, 7) is 2.31. The maximum Gasteiger partial charge on any atom is 0.240 e. The Balaban J connectivity index is 1.46. The normalized spacial score (nSPS) is 12.3. The molecule has 0 saturated carbocycles. The molecular weight excluding hydrogens is 452 g/mol. The standard InChI is InChI=1S/C26H30N2O3S2/c1-20(23-11-13-24(32-2)14-12-23)28-26(29)17-10-22-8-15-25(16-9-22)33(30,31)27-19-18-21-6-4-3-5-7-21/h3-9,11-16,20,27H,10,17-19H2,1-2H3,(H,28,29). The predicted molar refractivity (Wildman–Crippen MR) is 135 cm³/mol. The lowest BCUT2D eigenvalue weighted by Crippen LogP contribution is -2.27. The highest BCUT2D eigenvalue weighted by Crippen LogP contribution is 2.19. The second-order valence-corrected chi connectivity index (χ2v) is 10.5. The molecule has 1 unspecified atom stereocenters. The summed E-state index contributed by atoms with van der Waals surface area (Å²) in [4.78, 5) is 13.8. The second-order valence-electron chi connectivity index (χ2n) is 7.84. The van der Waals surface area contributed by atoms with Crippen molar-refractivity contribution in [3.05, 3.63) is 95.6 Å². The van der Waals surface area contributed by atoms with Gasteiger partial charge >= 0.3 is 0 Å². The topological polar surface area (TPSA) is 75.3 Å². The molecule has 1 atom stereocenters. The zero-order valence-electron chi connectivity index (χ0n) is 19.0. The first-order chi connectivity index (χ1) is 15.9. The minimum Gasteiger partial charge on any atom is -0.350 e. The highest BCUT2D eigenvalue weighted by Gasteiger charge is 2.14. The van der Waals surface area contributed by atoms with Crippen LogP contribution in [0.2, 0.25) is 0 Å². The van der Waals surface area contributed by atoms with Crippen LogP contribution in [0.4, 0.5) is 0 Å². The van der Waals surface area contributed by atoms with Crippen LogP contribution in [0.5, 0.6) is 0 Å². The maximum absolute atomic E-state index is 12.5. The molecule has 0 spiro atoms. The largest absolute Gasteiger partial charge is 0.350 e. The molecular formula is C26H30N2O3S2. The molecule has 0 bridgehead atoms. The molecule has 0 heterocycles. The Morgan fingerprint density at radius 2 is 1.52 bits per heavy atom. The van der Waals surface area contributed by atoms with E-state index in [9.17, 15) is 13.2 Å². The quantitative estimate of drug-likeness (QED) is 0.387. The molecule has 2 N–H and O–H groups in total. The van der Waals surface area contributed by atoms with Crippen molar-refractivity contribution in [3.63, 3.8) is 0 Å². The summed E-state index contributed by atoms with van der Waals surface area (Å²) >= 11 is 1.69. The summed E-state index contributed by atoms with van der Waals surface area (Å²) < 4.78 is 27.7.